The van der Waals surface area contributed by atoms with Gasteiger partial charge in [-0.05, 0) is 36.0 Å². The summed E-state index contributed by atoms with van der Waals surface area (Å²) in [6.45, 7) is 0. The van der Waals surface area contributed by atoms with Crippen molar-refractivity contribution in [3.05, 3.63) is 71.4 Å². The van der Waals surface area contributed by atoms with Crippen molar-refractivity contribution in [2.24, 2.45) is 0 Å². The van der Waals surface area contributed by atoms with Gasteiger partial charge in [-0.2, -0.15) is 0 Å². The van der Waals surface area contributed by atoms with Crippen molar-refractivity contribution in [2.45, 2.75) is 25.7 Å². The number of benzene rings is 2. The fourth-order valence-corrected chi connectivity index (χ4v) is 2.70. The summed E-state index contributed by atoms with van der Waals surface area (Å²) < 4.78 is 0. The van der Waals surface area contributed by atoms with Crippen molar-refractivity contribution in [1.82, 2.24) is 5.32 Å². The summed E-state index contributed by atoms with van der Waals surface area (Å²) in [6.07, 6.45) is 4.94. The molecule has 1 heteroatoms. The molecule has 0 amide bonds. The molecule has 1 aliphatic carbocycles. The monoisotopic (exact) mass is 263 g/mol. The molecule has 0 atom stereocenters. The SMILES string of the molecule is CNC(Cc1ccc(-c2ccccc2)cc1)=C1CCC1. The zero-order chi connectivity index (χ0) is 13.8. The van der Waals surface area contributed by atoms with E-state index >= 15 is 0 Å². The number of allylic oxidation sites excluding steroid dienone is 2. The third-order valence-corrected chi connectivity index (χ3v) is 4.13. The van der Waals surface area contributed by atoms with Gasteiger partial charge in [-0.3, -0.25) is 0 Å². The molecule has 2 aromatic carbocycles. The Balaban J connectivity index is 1.76. The lowest BCUT2D eigenvalue weighted by molar-refractivity contribution is 0.631. The Hall–Kier alpha value is -2.02. The average molecular weight is 263 g/mol. The van der Waals surface area contributed by atoms with E-state index < -0.39 is 0 Å². The molecular formula is C19H21N. The molecule has 0 unspecified atom stereocenters. The van der Waals surface area contributed by atoms with Crippen molar-refractivity contribution in [3.63, 3.8) is 0 Å². The van der Waals surface area contributed by atoms with Crippen LogP contribution in [-0.2, 0) is 6.42 Å². The number of nitrogens with one attached hydrogen (secondary N) is 1. The quantitative estimate of drug-likeness (QED) is 0.853. The molecule has 0 radical (unpaired) electrons. The molecule has 3 rings (SSSR count). The normalized spacial score (nSPS) is 13.8. The molecule has 20 heavy (non-hydrogen) atoms. The second-order valence-corrected chi connectivity index (χ2v) is 5.43. The Morgan fingerprint density at radius 1 is 0.900 bits per heavy atom. The van der Waals surface area contributed by atoms with Gasteiger partial charge in [-0.25, -0.2) is 0 Å². The van der Waals surface area contributed by atoms with E-state index in [0.717, 1.165) is 6.42 Å². The van der Waals surface area contributed by atoms with Crippen molar-refractivity contribution in [3.8, 4) is 11.1 Å². The summed E-state index contributed by atoms with van der Waals surface area (Å²) in [4.78, 5) is 0. The van der Waals surface area contributed by atoms with Gasteiger partial charge in [0.05, 0.1) is 0 Å². The van der Waals surface area contributed by atoms with Gasteiger partial charge >= 0.3 is 0 Å². The first kappa shape index (κ1) is 13.0. The van der Waals surface area contributed by atoms with Crippen LogP contribution in [0.15, 0.2) is 65.9 Å². The maximum atomic E-state index is 3.38. The summed E-state index contributed by atoms with van der Waals surface area (Å²) in [7, 11) is 2.04. The average Bonchev–Trinajstić information content (AvgIpc) is 2.46. The van der Waals surface area contributed by atoms with E-state index in [0.29, 0.717) is 0 Å². The van der Waals surface area contributed by atoms with Crippen LogP contribution in [0.4, 0.5) is 0 Å². The number of hydrogen-bond donors (Lipinski definition) is 1. The zero-order valence-electron chi connectivity index (χ0n) is 12.0. The summed E-state index contributed by atoms with van der Waals surface area (Å²) >= 11 is 0. The van der Waals surface area contributed by atoms with Gasteiger partial charge in [0.2, 0.25) is 0 Å². The van der Waals surface area contributed by atoms with Crippen molar-refractivity contribution in [1.29, 1.82) is 0 Å². The van der Waals surface area contributed by atoms with Crippen LogP contribution in [0.5, 0.6) is 0 Å². The molecule has 0 bridgehead atoms. The van der Waals surface area contributed by atoms with E-state index in [1.54, 1.807) is 5.57 Å². The lowest BCUT2D eigenvalue weighted by Gasteiger charge is -2.22. The third kappa shape index (κ3) is 2.77. The van der Waals surface area contributed by atoms with Crippen molar-refractivity contribution >= 4 is 0 Å². The minimum absolute atomic E-state index is 1.03. The molecular weight excluding hydrogens is 242 g/mol. The molecule has 0 heterocycles. The van der Waals surface area contributed by atoms with Gasteiger partial charge in [0.15, 0.2) is 0 Å². The molecule has 102 valence electrons. The highest BCUT2D eigenvalue weighted by molar-refractivity contribution is 5.63. The van der Waals surface area contributed by atoms with Crippen LogP contribution in [0, 0.1) is 0 Å². The molecule has 0 aromatic heterocycles. The summed E-state index contributed by atoms with van der Waals surface area (Å²) in [5, 5.41) is 3.38. The second-order valence-electron chi connectivity index (χ2n) is 5.43. The summed E-state index contributed by atoms with van der Waals surface area (Å²) in [5.74, 6) is 0. The van der Waals surface area contributed by atoms with Crippen LogP contribution in [-0.4, -0.2) is 7.05 Å². The first-order chi connectivity index (χ1) is 9.86. The van der Waals surface area contributed by atoms with Gasteiger partial charge in [0.25, 0.3) is 0 Å². The lowest BCUT2D eigenvalue weighted by Crippen LogP contribution is -2.15. The van der Waals surface area contributed by atoms with Crippen LogP contribution in [0.1, 0.15) is 24.8 Å². The van der Waals surface area contributed by atoms with Crippen LogP contribution >= 0.6 is 0 Å². The molecule has 1 aliphatic rings. The number of likely N-dealkylation sites (N-methyl/N-ethyl adjacent to an activating group) is 1. The molecule has 1 nitrogen and oxygen atoms in total. The van der Waals surface area contributed by atoms with Gasteiger partial charge in [0, 0.05) is 19.2 Å². The van der Waals surface area contributed by atoms with E-state index in [4.69, 9.17) is 0 Å². The molecule has 0 saturated heterocycles. The largest absolute Gasteiger partial charge is 0.391 e. The molecule has 1 N–H and O–H groups in total. The topological polar surface area (TPSA) is 12.0 Å². The highest BCUT2D eigenvalue weighted by Crippen LogP contribution is 2.29. The zero-order valence-corrected chi connectivity index (χ0v) is 12.0. The molecule has 2 aromatic rings. The second kappa shape index (κ2) is 5.96. The van der Waals surface area contributed by atoms with E-state index in [9.17, 15) is 0 Å². The standard InChI is InChI=1S/C19H21N/c1-20-19(18-8-5-9-18)14-15-10-12-17(13-11-15)16-6-3-2-4-7-16/h2-4,6-7,10-13,20H,5,8-9,14H2,1H3. The van der Waals surface area contributed by atoms with Crippen molar-refractivity contribution < 1.29 is 0 Å². The Labute approximate surface area is 121 Å². The smallest absolute Gasteiger partial charge is 0.0140 e. The predicted octanol–water partition coefficient (Wildman–Crippen LogP) is 4.55. The minimum atomic E-state index is 1.03. The maximum Gasteiger partial charge on any atom is 0.0140 e. The first-order valence-corrected chi connectivity index (χ1v) is 7.40. The number of rotatable bonds is 4. The first-order valence-electron chi connectivity index (χ1n) is 7.40. The predicted molar refractivity (Wildman–Crippen MR) is 85.5 cm³/mol. The fourth-order valence-electron chi connectivity index (χ4n) is 2.70. The maximum absolute atomic E-state index is 3.38. The van der Waals surface area contributed by atoms with Crippen LogP contribution < -0.4 is 5.32 Å². The molecule has 0 aliphatic heterocycles. The Bertz CT molecular complexity index is 587. The third-order valence-electron chi connectivity index (χ3n) is 4.13. The Morgan fingerprint density at radius 3 is 2.10 bits per heavy atom. The van der Waals surface area contributed by atoms with E-state index in [-0.39, 0.29) is 0 Å². The number of hydrogen-bond acceptors (Lipinski definition) is 1. The molecule has 0 spiro atoms. The van der Waals surface area contributed by atoms with E-state index in [1.165, 1.54) is 41.6 Å². The Kier molecular flexibility index (Phi) is 3.87. The summed E-state index contributed by atoms with van der Waals surface area (Å²) in [5.41, 5.74) is 6.98. The van der Waals surface area contributed by atoms with Crippen LogP contribution in [0.2, 0.25) is 0 Å². The summed E-state index contributed by atoms with van der Waals surface area (Å²) in [6, 6.07) is 19.5. The fraction of sp³-hybridized carbons (Fsp3) is 0.263. The van der Waals surface area contributed by atoms with Crippen LogP contribution in [0.3, 0.4) is 0 Å². The van der Waals surface area contributed by atoms with Crippen LogP contribution in [0.25, 0.3) is 11.1 Å². The van der Waals surface area contributed by atoms with Gasteiger partial charge in [-0.1, -0.05) is 60.2 Å². The van der Waals surface area contributed by atoms with Gasteiger partial charge in [-0.15, -0.1) is 0 Å². The van der Waals surface area contributed by atoms with Crippen molar-refractivity contribution in [2.75, 3.05) is 7.05 Å². The molecule has 1 saturated carbocycles. The Morgan fingerprint density at radius 2 is 1.55 bits per heavy atom. The highest BCUT2D eigenvalue weighted by Gasteiger charge is 2.13. The lowest BCUT2D eigenvalue weighted by atomic mass is 9.88. The minimum Gasteiger partial charge on any atom is -0.391 e. The highest BCUT2D eigenvalue weighted by atomic mass is 14.8. The van der Waals surface area contributed by atoms with Gasteiger partial charge in [0.1, 0.15) is 0 Å². The van der Waals surface area contributed by atoms with E-state index in [1.807, 2.05) is 7.05 Å². The van der Waals surface area contributed by atoms with Gasteiger partial charge < -0.3 is 5.32 Å². The van der Waals surface area contributed by atoms with E-state index in [2.05, 4.69) is 59.9 Å². The molecule has 1 fully saturated rings.